The van der Waals surface area contributed by atoms with Crippen LogP contribution in [0.2, 0.25) is 0 Å². The van der Waals surface area contributed by atoms with Crippen LogP contribution in [0.1, 0.15) is 33.6 Å². The number of hydrogen-bond donors (Lipinski definition) is 0. The van der Waals surface area contributed by atoms with Gasteiger partial charge in [0, 0.05) is 31.0 Å². The first-order valence-electron chi connectivity index (χ1n) is 8.77. The van der Waals surface area contributed by atoms with Crippen LogP contribution in [-0.4, -0.2) is 32.8 Å². The zero-order valence-corrected chi connectivity index (χ0v) is 14.3. The van der Waals surface area contributed by atoms with Crippen LogP contribution < -0.4 is 0 Å². The van der Waals surface area contributed by atoms with Gasteiger partial charge in [-0.15, -0.1) is 0 Å². The molecule has 5 nitrogen and oxygen atoms in total. The molecule has 26 heavy (non-hydrogen) atoms. The maximum Gasteiger partial charge on any atom is 0.261 e. The molecule has 2 heterocycles. The first kappa shape index (κ1) is 16.3. The summed E-state index contributed by atoms with van der Waals surface area (Å²) in [6.07, 6.45) is 5.39. The number of carbonyl (C=O) groups is 2. The Kier molecular flexibility index (Phi) is 4.35. The fourth-order valence-corrected chi connectivity index (χ4v) is 3.33. The molecule has 1 aromatic heterocycles. The molecular formula is C21H19N3O2. The molecule has 130 valence electrons. The van der Waals surface area contributed by atoms with Gasteiger partial charge in [-0.05, 0) is 25.0 Å². The number of aromatic nitrogens is 2. The van der Waals surface area contributed by atoms with Crippen molar-refractivity contribution in [3.8, 4) is 11.4 Å². The highest BCUT2D eigenvalue weighted by atomic mass is 16.2. The summed E-state index contributed by atoms with van der Waals surface area (Å²) in [6, 6.07) is 17.1. The fourth-order valence-electron chi connectivity index (χ4n) is 3.33. The van der Waals surface area contributed by atoms with Gasteiger partial charge in [-0.3, -0.25) is 14.5 Å². The Morgan fingerprint density at radius 1 is 0.769 bits per heavy atom. The summed E-state index contributed by atoms with van der Waals surface area (Å²) < 4.78 is 2.11. The molecule has 4 rings (SSSR count). The lowest BCUT2D eigenvalue weighted by atomic mass is 10.1. The van der Waals surface area contributed by atoms with Crippen LogP contribution in [0.5, 0.6) is 0 Å². The van der Waals surface area contributed by atoms with Gasteiger partial charge in [0.25, 0.3) is 11.8 Å². The minimum absolute atomic E-state index is 0.182. The second-order valence-electron chi connectivity index (χ2n) is 6.32. The molecule has 3 aromatic rings. The van der Waals surface area contributed by atoms with Crippen LogP contribution in [0.3, 0.4) is 0 Å². The summed E-state index contributed by atoms with van der Waals surface area (Å²) in [5.41, 5.74) is 2.11. The Balaban J connectivity index is 1.35. The maximum atomic E-state index is 12.4. The van der Waals surface area contributed by atoms with Gasteiger partial charge in [-0.25, -0.2) is 4.98 Å². The van der Waals surface area contributed by atoms with Crippen molar-refractivity contribution in [2.45, 2.75) is 19.4 Å². The Morgan fingerprint density at radius 3 is 2.08 bits per heavy atom. The molecule has 0 fully saturated rings. The van der Waals surface area contributed by atoms with E-state index in [0.717, 1.165) is 30.8 Å². The zero-order chi connectivity index (χ0) is 17.9. The first-order valence-corrected chi connectivity index (χ1v) is 8.77. The largest absolute Gasteiger partial charge is 0.331 e. The molecule has 0 bridgehead atoms. The summed E-state index contributed by atoms with van der Waals surface area (Å²) in [5.74, 6) is 0.572. The predicted octanol–water partition coefficient (Wildman–Crippen LogP) is 3.63. The zero-order valence-electron chi connectivity index (χ0n) is 14.3. The molecule has 0 aliphatic carbocycles. The van der Waals surface area contributed by atoms with Crippen molar-refractivity contribution in [3.63, 3.8) is 0 Å². The Hall–Kier alpha value is -3.21. The van der Waals surface area contributed by atoms with Gasteiger partial charge in [0.2, 0.25) is 0 Å². The number of amides is 2. The number of benzene rings is 2. The number of hydrogen-bond acceptors (Lipinski definition) is 3. The molecule has 2 amide bonds. The van der Waals surface area contributed by atoms with Crippen LogP contribution in [0.25, 0.3) is 11.4 Å². The lowest BCUT2D eigenvalue weighted by Gasteiger charge is -2.14. The third-order valence-electron chi connectivity index (χ3n) is 4.66. The normalized spacial score (nSPS) is 13.3. The van der Waals surface area contributed by atoms with Crippen molar-refractivity contribution in [1.82, 2.24) is 14.5 Å². The molecule has 0 saturated carbocycles. The van der Waals surface area contributed by atoms with Crippen molar-refractivity contribution in [3.05, 3.63) is 78.1 Å². The van der Waals surface area contributed by atoms with Crippen LogP contribution in [0.15, 0.2) is 67.0 Å². The lowest BCUT2D eigenvalue weighted by Crippen LogP contribution is -2.30. The van der Waals surface area contributed by atoms with Crippen LogP contribution in [0.4, 0.5) is 0 Å². The number of aryl methyl sites for hydroxylation is 1. The van der Waals surface area contributed by atoms with Gasteiger partial charge in [-0.1, -0.05) is 42.5 Å². The van der Waals surface area contributed by atoms with E-state index < -0.39 is 0 Å². The molecule has 0 saturated heterocycles. The van der Waals surface area contributed by atoms with Crippen LogP contribution in [0, 0.1) is 0 Å². The number of fused-ring (bicyclic) bond motifs is 1. The van der Waals surface area contributed by atoms with E-state index in [9.17, 15) is 9.59 Å². The molecule has 0 radical (unpaired) electrons. The van der Waals surface area contributed by atoms with E-state index in [-0.39, 0.29) is 11.8 Å². The van der Waals surface area contributed by atoms with Crippen molar-refractivity contribution in [2.75, 3.05) is 6.54 Å². The van der Waals surface area contributed by atoms with Crippen molar-refractivity contribution >= 4 is 11.8 Å². The molecule has 0 unspecified atom stereocenters. The molecule has 2 aromatic carbocycles. The van der Waals surface area contributed by atoms with E-state index in [4.69, 9.17) is 0 Å². The third-order valence-corrected chi connectivity index (χ3v) is 4.66. The highest BCUT2D eigenvalue weighted by Gasteiger charge is 2.34. The molecule has 1 aliphatic heterocycles. The first-order chi connectivity index (χ1) is 12.8. The smallest absolute Gasteiger partial charge is 0.261 e. The number of imidazole rings is 1. The molecule has 5 heteroatoms. The van der Waals surface area contributed by atoms with Crippen LogP contribution >= 0.6 is 0 Å². The lowest BCUT2D eigenvalue weighted by molar-refractivity contribution is 0.0651. The summed E-state index contributed by atoms with van der Waals surface area (Å²) >= 11 is 0. The van der Waals surface area contributed by atoms with Gasteiger partial charge >= 0.3 is 0 Å². The highest BCUT2D eigenvalue weighted by molar-refractivity contribution is 6.21. The number of unbranched alkanes of at least 4 members (excludes halogenated alkanes) is 1. The van der Waals surface area contributed by atoms with E-state index in [2.05, 4.69) is 9.55 Å². The Labute approximate surface area is 151 Å². The molecule has 0 spiro atoms. The van der Waals surface area contributed by atoms with E-state index in [1.54, 1.807) is 30.5 Å². The molecule has 0 atom stereocenters. The average Bonchev–Trinajstić information content (AvgIpc) is 3.24. The topological polar surface area (TPSA) is 55.2 Å². The molecule has 1 aliphatic rings. The predicted molar refractivity (Wildman–Crippen MR) is 98.7 cm³/mol. The average molecular weight is 345 g/mol. The van der Waals surface area contributed by atoms with Gasteiger partial charge in [0.1, 0.15) is 5.82 Å². The van der Waals surface area contributed by atoms with E-state index in [1.807, 2.05) is 36.5 Å². The quantitative estimate of drug-likeness (QED) is 0.506. The van der Waals surface area contributed by atoms with E-state index in [0.29, 0.717) is 17.7 Å². The monoisotopic (exact) mass is 345 g/mol. The maximum absolute atomic E-state index is 12.4. The highest BCUT2D eigenvalue weighted by Crippen LogP contribution is 2.23. The van der Waals surface area contributed by atoms with Gasteiger partial charge < -0.3 is 4.57 Å². The SMILES string of the molecule is O=C1c2ccccc2C(=O)N1CCCCn1ccnc1-c1ccccc1. The third kappa shape index (κ3) is 2.92. The Morgan fingerprint density at radius 2 is 1.38 bits per heavy atom. The number of rotatable bonds is 6. The second-order valence-corrected chi connectivity index (χ2v) is 6.32. The Bertz CT molecular complexity index is 912. The summed E-state index contributed by atoms with van der Waals surface area (Å²) in [6.45, 7) is 1.25. The molecule has 0 N–H and O–H groups in total. The van der Waals surface area contributed by atoms with Crippen molar-refractivity contribution in [2.24, 2.45) is 0 Å². The minimum atomic E-state index is -0.182. The van der Waals surface area contributed by atoms with Crippen molar-refractivity contribution in [1.29, 1.82) is 0 Å². The standard InChI is InChI=1S/C21H19N3O2/c25-20-17-10-4-5-11-18(17)21(26)24(20)14-7-6-13-23-15-12-22-19(23)16-8-2-1-3-9-16/h1-5,8-12,15H,6-7,13-14H2. The summed E-state index contributed by atoms with van der Waals surface area (Å²) in [7, 11) is 0. The number of imide groups is 1. The molecular weight excluding hydrogens is 326 g/mol. The van der Waals surface area contributed by atoms with E-state index in [1.165, 1.54) is 4.90 Å². The van der Waals surface area contributed by atoms with E-state index >= 15 is 0 Å². The number of nitrogens with zero attached hydrogens (tertiary/aromatic N) is 3. The minimum Gasteiger partial charge on any atom is -0.331 e. The van der Waals surface area contributed by atoms with Gasteiger partial charge in [0.05, 0.1) is 11.1 Å². The second kappa shape index (κ2) is 6.96. The number of carbonyl (C=O) groups excluding carboxylic acids is 2. The van der Waals surface area contributed by atoms with Crippen molar-refractivity contribution < 1.29 is 9.59 Å². The summed E-state index contributed by atoms with van der Waals surface area (Å²) in [5, 5.41) is 0. The van der Waals surface area contributed by atoms with Gasteiger partial charge in [-0.2, -0.15) is 0 Å². The van der Waals surface area contributed by atoms with Crippen LogP contribution in [-0.2, 0) is 6.54 Å². The fraction of sp³-hybridized carbons (Fsp3) is 0.190. The van der Waals surface area contributed by atoms with Gasteiger partial charge in [0.15, 0.2) is 0 Å². The summed E-state index contributed by atoms with van der Waals surface area (Å²) in [4.78, 5) is 30.5.